The molecule has 0 saturated carbocycles. The van der Waals surface area contributed by atoms with Crippen molar-refractivity contribution < 1.29 is 0 Å². The Morgan fingerprint density at radius 1 is 1.53 bits per heavy atom. The topological polar surface area (TPSA) is 42.5 Å². The molecule has 0 atom stereocenters. The van der Waals surface area contributed by atoms with E-state index in [9.17, 15) is 0 Å². The lowest BCUT2D eigenvalue weighted by atomic mass is 10.5. The van der Waals surface area contributed by atoms with Gasteiger partial charge in [-0.1, -0.05) is 11.6 Å². The van der Waals surface area contributed by atoms with Crippen LogP contribution in [-0.2, 0) is 0 Å². The molecule has 0 aliphatic heterocycles. The second-order valence-corrected chi connectivity index (χ2v) is 4.26. The van der Waals surface area contributed by atoms with Gasteiger partial charge in [0.15, 0.2) is 5.82 Å². The van der Waals surface area contributed by atoms with Crippen LogP contribution in [0.25, 0.3) is 5.52 Å². The third kappa shape index (κ3) is 1.98. The molecule has 0 saturated heterocycles. The van der Waals surface area contributed by atoms with E-state index in [-0.39, 0.29) is 0 Å². The van der Waals surface area contributed by atoms with Crippen molar-refractivity contribution in [1.82, 2.24) is 14.6 Å². The molecular weight excluding hydrogens is 232 g/mol. The van der Waals surface area contributed by atoms with Crippen LogP contribution in [0.1, 0.15) is 6.92 Å². The van der Waals surface area contributed by atoms with Crippen molar-refractivity contribution in [2.75, 3.05) is 6.26 Å². The van der Waals surface area contributed by atoms with Gasteiger partial charge in [0, 0.05) is 0 Å². The van der Waals surface area contributed by atoms with Crippen LogP contribution in [-0.4, -0.2) is 25.9 Å². The molecule has 2 aromatic rings. The Kier molecular flexibility index (Phi) is 2.93. The highest BCUT2D eigenvalue weighted by atomic mass is 35.5. The van der Waals surface area contributed by atoms with Crippen molar-refractivity contribution in [1.29, 1.82) is 0 Å². The average molecular weight is 241 g/mol. The number of halogens is 1. The van der Waals surface area contributed by atoms with Crippen molar-refractivity contribution in [3.8, 4) is 0 Å². The molecule has 0 spiro atoms. The first-order valence-corrected chi connectivity index (χ1v) is 5.90. The summed E-state index contributed by atoms with van der Waals surface area (Å²) in [6.07, 6.45) is 3.42. The van der Waals surface area contributed by atoms with E-state index >= 15 is 0 Å². The molecule has 0 N–H and O–H groups in total. The standard InChI is InChI=1S/C9H9ClN4S/c1-6(15-2)13-9-7-3-4-8(10)14(7)12-5-11-9/h3-5H,1-2H3. The molecule has 0 bridgehead atoms. The van der Waals surface area contributed by atoms with E-state index in [4.69, 9.17) is 11.6 Å². The number of hydrogen-bond acceptors (Lipinski definition) is 4. The normalized spacial score (nSPS) is 12.3. The van der Waals surface area contributed by atoms with Gasteiger partial charge in [-0.3, -0.25) is 0 Å². The Morgan fingerprint density at radius 3 is 3.07 bits per heavy atom. The zero-order valence-electron chi connectivity index (χ0n) is 8.31. The summed E-state index contributed by atoms with van der Waals surface area (Å²) in [6.45, 7) is 1.94. The molecule has 6 heteroatoms. The largest absolute Gasteiger partial charge is 0.225 e. The fraction of sp³-hybridized carbons (Fsp3) is 0.222. The van der Waals surface area contributed by atoms with Crippen LogP contribution in [0.5, 0.6) is 0 Å². The quantitative estimate of drug-likeness (QED) is 0.569. The van der Waals surface area contributed by atoms with Gasteiger partial charge in [0.25, 0.3) is 0 Å². The van der Waals surface area contributed by atoms with Crippen LogP contribution in [0, 0.1) is 0 Å². The molecule has 0 radical (unpaired) electrons. The minimum atomic E-state index is 0.561. The number of thioether (sulfide) groups is 1. The summed E-state index contributed by atoms with van der Waals surface area (Å²) in [5, 5.41) is 5.54. The van der Waals surface area contributed by atoms with Gasteiger partial charge in [-0.05, 0) is 25.3 Å². The van der Waals surface area contributed by atoms with Crippen LogP contribution >= 0.6 is 23.4 Å². The van der Waals surface area contributed by atoms with Crippen molar-refractivity contribution in [2.45, 2.75) is 6.92 Å². The lowest BCUT2D eigenvalue weighted by Crippen LogP contribution is -1.93. The number of hydrogen-bond donors (Lipinski definition) is 0. The molecule has 0 aromatic carbocycles. The van der Waals surface area contributed by atoms with Gasteiger partial charge < -0.3 is 0 Å². The van der Waals surface area contributed by atoms with Gasteiger partial charge in [0.2, 0.25) is 0 Å². The number of fused-ring (bicyclic) bond motifs is 1. The summed E-state index contributed by atoms with van der Waals surface area (Å²) in [7, 11) is 0. The van der Waals surface area contributed by atoms with E-state index in [0.29, 0.717) is 11.0 Å². The van der Waals surface area contributed by atoms with Crippen molar-refractivity contribution >= 4 is 39.7 Å². The lowest BCUT2D eigenvalue weighted by molar-refractivity contribution is 0.903. The maximum Gasteiger partial charge on any atom is 0.180 e. The first-order chi connectivity index (χ1) is 7.22. The van der Waals surface area contributed by atoms with Crippen LogP contribution in [0.2, 0.25) is 5.15 Å². The molecule has 4 nitrogen and oxygen atoms in total. The average Bonchev–Trinajstić information content (AvgIpc) is 2.62. The third-order valence-corrected chi connectivity index (χ3v) is 2.91. The molecule has 78 valence electrons. The molecule has 15 heavy (non-hydrogen) atoms. The zero-order chi connectivity index (χ0) is 10.8. The highest BCUT2D eigenvalue weighted by Gasteiger charge is 2.05. The maximum atomic E-state index is 5.93. The molecule has 2 rings (SSSR count). The van der Waals surface area contributed by atoms with E-state index in [1.54, 1.807) is 22.3 Å². The van der Waals surface area contributed by atoms with Gasteiger partial charge in [-0.2, -0.15) is 5.10 Å². The molecule has 0 amide bonds. The maximum absolute atomic E-state index is 5.93. The van der Waals surface area contributed by atoms with Gasteiger partial charge in [-0.25, -0.2) is 14.5 Å². The van der Waals surface area contributed by atoms with Crippen molar-refractivity contribution in [3.63, 3.8) is 0 Å². The van der Waals surface area contributed by atoms with Crippen LogP contribution in [0.15, 0.2) is 23.5 Å². The predicted molar refractivity (Wildman–Crippen MR) is 64.3 cm³/mol. The predicted octanol–water partition coefficient (Wildman–Crippen LogP) is 2.80. The van der Waals surface area contributed by atoms with Crippen LogP contribution in [0.4, 0.5) is 5.82 Å². The van der Waals surface area contributed by atoms with E-state index in [1.165, 1.54) is 6.33 Å². The molecule has 2 aromatic heterocycles. The highest BCUT2D eigenvalue weighted by Crippen LogP contribution is 2.22. The highest BCUT2D eigenvalue weighted by molar-refractivity contribution is 8.13. The van der Waals surface area contributed by atoms with Gasteiger partial charge in [-0.15, -0.1) is 11.8 Å². The first-order valence-electron chi connectivity index (χ1n) is 4.30. The Labute approximate surface area is 96.4 Å². The van der Waals surface area contributed by atoms with Gasteiger partial charge in [0.05, 0.1) is 5.04 Å². The lowest BCUT2D eigenvalue weighted by Gasteiger charge is -1.99. The van der Waals surface area contributed by atoms with E-state index in [2.05, 4.69) is 15.1 Å². The number of nitrogens with zero attached hydrogens (tertiary/aromatic N) is 4. The summed E-state index contributed by atoms with van der Waals surface area (Å²) < 4.78 is 1.61. The molecule has 0 unspecified atom stereocenters. The van der Waals surface area contributed by atoms with Gasteiger partial charge in [0.1, 0.15) is 17.0 Å². The second kappa shape index (κ2) is 4.20. The fourth-order valence-corrected chi connectivity index (χ4v) is 1.55. The first kappa shape index (κ1) is 10.4. The monoisotopic (exact) mass is 240 g/mol. The Hall–Kier alpha value is -1.07. The van der Waals surface area contributed by atoms with E-state index in [0.717, 1.165) is 10.6 Å². The fourth-order valence-electron chi connectivity index (χ4n) is 1.17. The summed E-state index contributed by atoms with van der Waals surface area (Å²) in [5.41, 5.74) is 0.816. The number of rotatable bonds is 1. The Morgan fingerprint density at radius 2 is 2.33 bits per heavy atom. The van der Waals surface area contributed by atoms with Crippen molar-refractivity contribution in [3.05, 3.63) is 23.6 Å². The Bertz CT molecular complexity index is 520. The summed E-state index contributed by atoms with van der Waals surface area (Å²) >= 11 is 7.52. The number of aromatic nitrogens is 3. The molecule has 0 fully saturated rings. The number of aliphatic imine (C=N–C) groups is 1. The van der Waals surface area contributed by atoms with Crippen LogP contribution in [0.3, 0.4) is 0 Å². The molecular formula is C9H9ClN4S. The SMILES string of the molecule is CSC(C)=Nc1ncnn2c(Cl)ccc12. The molecule has 0 aliphatic rings. The Balaban J connectivity index is 2.61. The summed E-state index contributed by atoms with van der Waals surface area (Å²) in [6, 6.07) is 3.63. The van der Waals surface area contributed by atoms with Crippen molar-refractivity contribution in [2.24, 2.45) is 4.99 Å². The minimum Gasteiger partial charge on any atom is -0.225 e. The second-order valence-electron chi connectivity index (χ2n) is 2.87. The molecule has 2 heterocycles. The van der Waals surface area contributed by atoms with Crippen LogP contribution < -0.4 is 0 Å². The van der Waals surface area contributed by atoms with E-state index < -0.39 is 0 Å². The smallest absolute Gasteiger partial charge is 0.180 e. The zero-order valence-corrected chi connectivity index (χ0v) is 9.88. The summed E-state index contributed by atoms with van der Waals surface area (Å²) in [5.74, 6) is 0.642. The van der Waals surface area contributed by atoms with Gasteiger partial charge >= 0.3 is 0 Å². The molecule has 0 aliphatic carbocycles. The van der Waals surface area contributed by atoms with E-state index in [1.807, 2.05) is 19.2 Å². The minimum absolute atomic E-state index is 0.561. The third-order valence-electron chi connectivity index (χ3n) is 1.94. The summed E-state index contributed by atoms with van der Waals surface area (Å²) in [4.78, 5) is 8.48.